The van der Waals surface area contributed by atoms with Crippen LogP contribution in [-0.2, 0) is 16.2 Å². The zero-order valence-corrected chi connectivity index (χ0v) is 77.4. The first-order valence-corrected chi connectivity index (χ1v) is 44.8. The molecule has 0 aliphatic heterocycles. The van der Waals surface area contributed by atoms with Crippen LogP contribution in [-0.4, -0.2) is 0 Å². The third kappa shape index (κ3) is 17.1. The minimum absolute atomic E-state index is 0.0788. The lowest BCUT2D eigenvalue weighted by molar-refractivity contribution is 0.590. The van der Waals surface area contributed by atoms with Crippen LogP contribution in [0.5, 0.6) is 0 Å². The molecule has 0 saturated heterocycles. The number of hydrogen-bond acceptors (Lipinski definition) is 0. The summed E-state index contributed by atoms with van der Waals surface area (Å²) < 4.78 is 0. The lowest BCUT2D eigenvalue weighted by Crippen LogP contribution is -2.11. The highest BCUT2D eigenvalue weighted by atomic mass is 35.5. The second-order valence-electron chi connectivity index (χ2n) is 36.5. The van der Waals surface area contributed by atoms with Gasteiger partial charge in [-0.1, -0.05) is 440 Å². The molecule has 0 heterocycles. The summed E-state index contributed by atoms with van der Waals surface area (Å²) in [6.45, 7) is 35.2. The van der Waals surface area contributed by atoms with Gasteiger partial charge in [-0.25, -0.2) is 0 Å². The molecule has 124 heavy (non-hydrogen) atoms. The molecular formula is C119H103Cl5. The van der Waals surface area contributed by atoms with Crippen molar-refractivity contribution < 1.29 is 0 Å². The van der Waals surface area contributed by atoms with Crippen molar-refractivity contribution in [3.8, 4) is 55.6 Å². The van der Waals surface area contributed by atoms with Crippen LogP contribution in [0.2, 0.25) is 25.1 Å². The molecule has 20 rings (SSSR count). The molecule has 0 bridgehead atoms. The van der Waals surface area contributed by atoms with E-state index >= 15 is 0 Å². The fourth-order valence-corrected chi connectivity index (χ4v) is 19.2. The van der Waals surface area contributed by atoms with Gasteiger partial charge in [-0.2, -0.15) is 0 Å². The molecule has 20 aromatic rings. The Hall–Kier alpha value is -11.6. The predicted octanol–water partition coefficient (Wildman–Crippen LogP) is 37.6. The minimum Gasteiger partial charge on any atom is -0.0830 e. The first kappa shape index (κ1) is 86.0. The zero-order chi connectivity index (χ0) is 87.4. The summed E-state index contributed by atoms with van der Waals surface area (Å²) in [5, 5.41) is 27.6. The van der Waals surface area contributed by atoms with Crippen molar-refractivity contribution in [3.05, 3.63) is 414 Å². The standard InChI is InChI=1S/C28H29Cl.2C24H21Cl.C22H17Cl.C21H15Cl/c1-27(2,3)19-13-15-22-23(16-19)25(18-10-8-7-9-11-18)21-14-12-20(28(4,5)6)17-24(21)26(22)29;1-14-10-19-21(12-16(14)3)24(25)22-13-17(4)15(2)11-20(22)23(19)18-8-6-5-7-9-18;1-24(2,3)17-14-12-16(13-15-17)22-18-8-4-6-10-20(18)23(25)21-11-7-5-9-19(21)22;1-14-9-11-18-19(12-14)21(16-6-4-3-5-7-16)17-10-8-15(2)13-20(17)22(18)23;1-14-10-12-15(13-11-14)20-16-6-2-4-8-18(16)21(22)19-9-5-3-7-17(19)20/h7-17H,1-6H3;5-13H,1-4H3;4-15H,1-3H3;3-13H,1-2H3;2-13H,1H3. The SMILES string of the molecule is CC(C)(C)c1ccc(-c2c3ccccc3c(Cl)c3ccccc23)cc1.CC(C)(C)c1ccc2c(-c3ccccc3)c3cc(C(C)(C)C)ccc3c(Cl)c2c1.Cc1cc2c(Cl)c3cc(C)c(C)cc3c(-c3ccccc3)c2cc1C.Cc1ccc(-c2c3ccccc3c(Cl)c3ccccc23)cc1.Cc1ccc2c(-c3ccccc3)c3cc(C)ccc3c(Cl)c2c1. The fraction of sp³-hybridized carbons (Fsp3) is 0.160. The van der Waals surface area contributed by atoms with Crippen molar-refractivity contribution in [2.75, 3.05) is 0 Å². The molecule has 0 aliphatic carbocycles. The minimum atomic E-state index is 0.0788. The molecule has 0 amide bonds. The third-order valence-electron chi connectivity index (χ3n) is 24.7. The maximum Gasteiger partial charge on any atom is 0.0563 e. The van der Waals surface area contributed by atoms with E-state index in [-0.39, 0.29) is 16.2 Å². The molecule has 614 valence electrons. The van der Waals surface area contributed by atoms with E-state index in [9.17, 15) is 0 Å². The highest BCUT2D eigenvalue weighted by Crippen LogP contribution is 2.50. The van der Waals surface area contributed by atoms with Crippen molar-refractivity contribution in [2.24, 2.45) is 0 Å². The van der Waals surface area contributed by atoms with Gasteiger partial charge in [-0.3, -0.25) is 0 Å². The number of aryl methyl sites for hydroxylation is 7. The fourth-order valence-electron chi connectivity index (χ4n) is 17.6. The summed E-state index contributed by atoms with van der Waals surface area (Å²) in [6.07, 6.45) is 0. The quantitative estimate of drug-likeness (QED) is 0.151. The molecule has 0 radical (unpaired) electrons. The van der Waals surface area contributed by atoms with Gasteiger partial charge in [0.05, 0.1) is 25.1 Å². The van der Waals surface area contributed by atoms with E-state index < -0.39 is 0 Å². The molecule has 0 nitrogen and oxygen atoms in total. The molecule has 0 spiro atoms. The Labute approximate surface area is 756 Å². The van der Waals surface area contributed by atoms with E-state index in [1.807, 2.05) is 12.1 Å². The Balaban J connectivity index is 0.000000115. The summed E-state index contributed by atoms with van der Waals surface area (Å²) in [6, 6.07) is 119. The van der Waals surface area contributed by atoms with Crippen LogP contribution in [0.25, 0.3) is 163 Å². The molecule has 5 heteroatoms. The largest absolute Gasteiger partial charge is 0.0830 e. The van der Waals surface area contributed by atoms with Crippen molar-refractivity contribution in [3.63, 3.8) is 0 Å². The number of halogens is 5. The van der Waals surface area contributed by atoms with Gasteiger partial charge in [0.25, 0.3) is 0 Å². The molecule has 0 N–H and O–H groups in total. The number of fused-ring (bicyclic) bond motifs is 10. The van der Waals surface area contributed by atoms with Gasteiger partial charge < -0.3 is 0 Å². The van der Waals surface area contributed by atoms with Crippen molar-refractivity contribution in [2.45, 2.75) is 127 Å². The van der Waals surface area contributed by atoms with Gasteiger partial charge in [0.2, 0.25) is 0 Å². The van der Waals surface area contributed by atoms with Crippen molar-refractivity contribution in [1.82, 2.24) is 0 Å². The Morgan fingerprint density at radius 3 is 0.710 bits per heavy atom. The average molecular weight is 1710 g/mol. The molecule has 0 aromatic heterocycles. The van der Waals surface area contributed by atoms with Crippen LogP contribution >= 0.6 is 58.0 Å². The van der Waals surface area contributed by atoms with E-state index in [0.717, 1.165) is 79.0 Å². The van der Waals surface area contributed by atoms with Gasteiger partial charge in [0, 0.05) is 53.9 Å². The van der Waals surface area contributed by atoms with E-state index in [0.29, 0.717) is 0 Å². The first-order chi connectivity index (χ1) is 59.4. The second-order valence-corrected chi connectivity index (χ2v) is 38.4. The highest BCUT2D eigenvalue weighted by molar-refractivity contribution is 6.45. The monoisotopic (exact) mass is 1710 g/mol. The summed E-state index contributed by atoms with van der Waals surface area (Å²) >= 11 is 34.0. The lowest BCUT2D eigenvalue weighted by atomic mass is 9.82. The number of hydrogen-bond donors (Lipinski definition) is 0. The summed E-state index contributed by atoms with van der Waals surface area (Å²) in [7, 11) is 0. The Kier molecular flexibility index (Phi) is 24.4. The molecule has 0 unspecified atom stereocenters. The molecule has 0 atom stereocenters. The zero-order valence-electron chi connectivity index (χ0n) is 73.6. The van der Waals surface area contributed by atoms with Crippen molar-refractivity contribution >= 4 is 166 Å². The van der Waals surface area contributed by atoms with Crippen LogP contribution in [0.1, 0.15) is 118 Å². The van der Waals surface area contributed by atoms with Gasteiger partial charge in [0.1, 0.15) is 0 Å². The maximum atomic E-state index is 7.02. The van der Waals surface area contributed by atoms with Crippen LogP contribution in [0, 0.1) is 48.5 Å². The third-order valence-corrected chi connectivity index (χ3v) is 26.8. The lowest BCUT2D eigenvalue weighted by Gasteiger charge is -2.23. The summed E-state index contributed by atoms with van der Waals surface area (Å²) in [4.78, 5) is 0. The average Bonchev–Trinajstić information content (AvgIpc) is 0.576. The van der Waals surface area contributed by atoms with E-state index in [2.05, 4.69) is 432 Å². The predicted molar refractivity (Wildman–Crippen MR) is 549 cm³/mol. The normalized spacial score (nSPS) is 11.8. The van der Waals surface area contributed by atoms with Gasteiger partial charge in [0.15, 0.2) is 0 Å². The van der Waals surface area contributed by atoms with Gasteiger partial charge in [-0.05, 0) is 243 Å². The van der Waals surface area contributed by atoms with E-state index in [4.69, 9.17) is 58.0 Å². The molecule has 0 fully saturated rings. The van der Waals surface area contributed by atoms with Crippen LogP contribution < -0.4 is 0 Å². The van der Waals surface area contributed by atoms with E-state index in [1.54, 1.807) is 0 Å². The Morgan fingerprint density at radius 1 is 0.153 bits per heavy atom. The van der Waals surface area contributed by atoms with E-state index in [1.165, 1.54) is 165 Å². The topological polar surface area (TPSA) is 0 Å². The molecule has 0 aliphatic rings. The summed E-state index contributed by atoms with van der Waals surface area (Å²) in [5.74, 6) is 0. The smallest absolute Gasteiger partial charge is 0.0563 e. The number of benzene rings is 20. The molecule has 0 saturated carbocycles. The first-order valence-electron chi connectivity index (χ1n) is 42.9. The van der Waals surface area contributed by atoms with Gasteiger partial charge >= 0.3 is 0 Å². The van der Waals surface area contributed by atoms with Crippen LogP contribution in [0.15, 0.2) is 334 Å². The van der Waals surface area contributed by atoms with Crippen molar-refractivity contribution in [1.29, 1.82) is 0 Å². The Bertz CT molecular complexity index is 7300. The van der Waals surface area contributed by atoms with Crippen LogP contribution in [0.4, 0.5) is 0 Å². The highest BCUT2D eigenvalue weighted by Gasteiger charge is 2.25. The second kappa shape index (κ2) is 35.2. The number of rotatable bonds is 5. The van der Waals surface area contributed by atoms with Crippen LogP contribution in [0.3, 0.4) is 0 Å². The molecule has 20 aromatic carbocycles. The summed E-state index contributed by atoms with van der Waals surface area (Å²) in [5.41, 5.74) is 25.7. The maximum absolute atomic E-state index is 7.02. The molecular weight excluding hydrogens is 1610 g/mol. The van der Waals surface area contributed by atoms with Gasteiger partial charge in [-0.15, -0.1) is 0 Å². The Morgan fingerprint density at radius 2 is 0.347 bits per heavy atom.